The first-order chi connectivity index (χ1) is 6.36. The van der Waals surface area contributed by atoms with E-state index in [1.54, 1.807) is 0 Å². The molecule has 0 saturated carbocycles. The van der Waals surface area contributed by atoms with Crippen LogP contribution < -0.4 is 0 Å². The van der Waals surface area contributed by atoms with Crippen molar-refractivity contribution in [3.63, 3.8) is 0 Å². The van der Waals surface area contributed by atoms with Crippen molar-refractivity contribution in [1.82, 2.24) is 9.88 Å². The van der Waals surface area contributed by atoms with Gasteiger partial charge in [0.05, 0.1) is 0 Å². The molecule has 1 aromatic heterocycles. The molecule has 0 aliphatic carbocycles. The molecule has 0 saturated heterocycles. The minimum Gasteiger partial charge on any atom is -0.298 e. The van der Waals surface area contributed by atoms with E-state index < -0.39 is 0 Å². The lowest BCUT2D eigenvalue weighted by Crippen LogP contribution is -2.24. The van der Waals surface area contributed by atoms with Gasteiger partial charge < -0.3 is 0 Å². The Morgan fingerprint density at radius 2 is 2.38 bits per heavy atom. The Morgan fingerprint density at radius 1 is 1.54 bits per heavy atom. The molecule has 0 aromatic carbocycles. The summed E-state index contributed by atoms with van der Waals surface area (Å²) in [6.07, 6.45) is 3.74. The molecule has 0 spiro atoms. The molecule has 0 aliphatic rings. The van der Waals surface area contributed by atoms with E-state index in [0.717, 1.165) is 25.0 Å². The quantitative estimate of drug-likeness (QED) is 0.737. The molecular weight excluding hydrogens is 228 g/mol. The first-order valence-electron chi connectivity index (χ1n) is 4.54. The van der Waals surface area contributed by atoms with E-state index in [1.165, 1.54) is 5.56 Å². The van der Waals surface area contributed by atoms with E-state index in [0.29, 0.717) is 0 Å². The number of halogens is 1. The van der Waals surface area contributed by atoms with Crippen molar-refractivity contribution in [2.45, 2.75) is 13.5 Å². The van der Waals surface area contributed by atoms with Gasteiger partial charge in [0.2, 0.25) is 0 Å². The average Bonchev–Trinajstić information content (AvgIpc) is 2.19. The van der Waals surface area contributed by atoms with Crippen molar-refractivity contribution in [1.29, 1.82) is 0 Å². The van der Waals surface area contributed by atoms with Gasteiger partial charge in [0.1, 0.15) is 0 Å². The summed E-state index contributed by atoms with van der Waals surface area (Å²) in [6, 6.07) is 4.10. The molecule has 0 bridgehead atoms. The van der Waals surface area contributed by atoms with Crippen molar-refractivity contribution in [2.75, 3.05) is 18.4 Å². The van der Waals surface area contributed by atoms with Crippen LogP contribution in [0, 0.1) is 0 Å². The van der Waals surface area contributed by atoms with Gasteiger partial charge in [-0.15, -0.1) is 0 Å². The molecule has 72 valence electrons. The van der Waals surface area contributed by atoms with Crippen molar-refractivity contribution in [3.05, 3.63) is 30.1 Å². The van der Waals surface area contributed by atoms with Crippen LogP contribution in [0.4, 0.5) is 0 Å². The molecule has 2 nitrogen and oxygen atoms in total. The lowest BCUT2D eigenvalue weighted by atomic mass is 10.2. The minimum atomic E-state index is 0.996. The predicted octanol–water partition coefficient (Wildman–Crippen LogP) is 2.30. The van der Waals surface area contributed by atoms with Crippen LogP contribution in [0.2, 0.25) is 0 Å². The number of pyridine rings is 1. The summed E-state index contributed by atoms with van der Waals surface area (Å²) >= 11 is 3.45. The summed E-state index contributed by atoms with van der Waals surface area (Å²) in [5.74, 6) is 0. The number of hydrogen-bond acceptors (Lipinski definition) is 2. The van der Waals surface area contributed by atoms with E-state index in [-0.39, 0.29) is 0 Å². The van der Waals surface area contributed by atoms with Gasteiger partial charge in [0.15, 0.2) is 0 Å². The fraction of sp³-hybridized carbons (Fsp3) is 0.500. The van der Waals surface area contributed by atoms with Crippen LogP contribution in [-0.2, 0) is 6.54 Å². The summed E-state index contributed by atoms with van der Waals surface area (Å²) < 4.78 is 0. The molecule has 0 unspecified atom stereocenters. The highest BCUT2D eigenvalue weighted by Crippen LogP contribution is 2.02. The molecule has 0 amide bonds. The molecule has 0 N–H and O–H groups in total. The number of nitrogens with zero attached hydrogens (tertiary/aromatic N) is 2. The van der Waals surface area contributed by atoms with Crippen LogP contribution in [0.3, 0.4) is 0 Å². The number of hydrogen-bond donors (Lipinski definition) is 0. The smallest absolute Gasteiger partial charge is 0.0312 e. The zero-order chi connectivity index (χ0) is 9.52. The first-order valence-corrected chi connectivity index (χ1v) is 5.66. The number of alkyl halides is 1. The SMILES string of the molecule is CCN(CCBr)Cc1cccnc1. The Hall–Kier alpha value is -0.410. The fourth-order valence-electron chi connectivity index (χ4n) is 1.22. The zero-order valence-corrected chi connectivity index (χ0v) is 9.50. The second-order valence-electron chi connectivity index (χ2n) is 2.92. The normalized spacial score (nSPS) is 10.7. The Labute approximate surface area is 88.1 Å². The third kappa shape index (κ3) is 3.87. The molecular formula is C10H15BrN2. The highest BCUT2D eigenvalue weighted by Gasteiger charge is 2.01. The second-order valence-corrected chi connectivity index (χ2v) is 3.71. The molecule has 1 heterocycles. The third-order valence-corrected chi connectivity index (χ3v) is 2.33. The molecule has 0 atom stereocenters. The second kappa shape index (κ2) is 6.11. The Bertz CT molecular complexity index is 226. The van der Waals surface area contributed by atoms with Crippen molar-refractivity contribution in [3.8, 4) is 0 Å². The summed E-state index contributed by atoms with van der Waals surface area (Å²) in [5.41, 5.74) is 1.28. The largest absolute Gasteiger partial charge is 0.298 e. The maximum absolute atomic E-state index is 4.09. The Balaban J connectivity index is 2.46. The summed E-state index contributed by atoms with van der Waals surface area (Å²) in [4.78, 5) is 6.47. The van der Waals surface area contributed by atoms with Crippen LogP contribution in [0.1, 0.15) is 12.5 Å². The Morgan fingerprint density at radius 3 is 2.92 bits per heavy atom. The molecule has 1 rings (SSSR count). The van der Waals surface area contributed by atoms with Gasteiger partial charge in [-0.1, -0.05) is 28.9 Å². The standard InChI is InChI=1S/C10H15BrN2/c1-2-13(7-5-11)9-10-4-3-6-12-8-10/h3-4,6,8H,2,5,7,9H2,1H3. The van der Waals surface area contributed by atoms with Gasteiger partial charge in [-0.3, -0.25) is 9.88 Å². The fourth-order valence-corrected chi connectivity index (χ4v) is 1.72. The van der Waals surface area contributed by atoms with Gasteiger partial charge in [-0.05, 0) is 18.2 Å². The van der Waals surface area contributed by atoms with Crippen LogP contribution in [0.5, 0.6) is 0 Å². The average molecular weight is 243 g/mol. The van der Waals surface area contributed by atoms with Crippen molar-refractivity contribution < 1.29 is 0 Å². The lowest BCUT2D eigenvalue weighted by Gasteiger charge is -2.18. The topological polar surface area (TPSA) is 16.1 Å². The van der Waals surface area contributed by atoms with E-state index in [1.807, 2.05) is 18.5 Å². The molecule has 1 aromatic rings. The van der Waals surface area contributed by atoms with Crippen LogP contribution >= 0.6 is 15.9 Å². The van der Waals surface area contributed by atoms with Crippen molar-refractivity contribution >= 4 is 15.9 Å². The number of aromatic nitrogens is 1. The van der Waals surface area contributed by atoms with E-state index in [9.17, 15) is 0 Å². The summed E-state index contributed by atoms with van der Waals surface area (Å²) in [6.45, 7) is 5.35. The van der Waals surface area contributed by atoms with Gasteiger partial charge in [0, 0.05) is 30.8 Å². The third-order valence-electron chi connectivity index (χ3n) is 1.98. The maximum atomic E-state index is 4.09. The monoisotopic (exact) mass is 242 g/mol. The van der Waals surface area contributed by atoms with Crippen LogP contribution in [0.15, 0.2) is 24.5 Å². The zero-order valence-electron chi connectivity index (χ0n) is 7.91. The molecule has 3 heteroatoms. The van der Waals surface area contributed by atoms with Gasteiger partial charge in [-0.25, -0.2) is 0 Å². The molecule has 0 aliphatic heterocycles. The van der Waals surface area contributed by atoms with Gasteiger partial charge in [-0.2, -0.15) is 0 Å². The predicted molar refractivity (Wildman–Crippen MR) is 59.0 cm³/mol. The van der Waals surface area contributed by atoms with Crippen LogP contribution in [-0.4, -0.2) is 28.3 Å². The number of rotatable bonds is 5. The summed E-state index contributed by atoms with van der Waals surface area (Å²) in [5, 5.41) is 1.03. The van der Waals surface area contributed by atoms with E-state index in [2.05, 4.69) is 38.8 Å². The highest BCUT2D eigenvalue weighted by atomic mass is 79.9. The Kier molecular flexibility index (Phi) is 5.01. The van der Waals surface area contributed by atoms with E-state index >= 15 is 0 Å². The van der Waals surface area contributed by atoms with Gasteiger partial charge >= 0.3 is 0 Å². The molecule has 0 radical (unpaired) electrons. The minimum absolute atomic E-state index is 0.996. The molecule has 13 heavy (non-hydrogen) atoms. The van der Waals surface area contributed by atoms with Gasteiger partial charge in [0.25, 0.3) is 0 Å². The highest BCUT2D eigenvalue weighted by molar-refractivity contribution is 9.09. The summed E-state index contributed by atoms with van der Waals surface area (Å²) in [7, 11) is 0. The van der Waals surface area contributed by atoms with Crippen molar-refractivity contribution in [2.24, 2.45) is 0 Å². The van der Waals surface area contributed by atoms with E-state index in [4.69, 9.17) is 0 Å². The maximum Gasteiger partial charge on any atom is 0.0312 e. The lowest BCUT2D eigenvalue weighted by molar-refractivity contribution is 0.299. The molecule has 0 fully saturated rings. The first kappa shape index (κ1) is 10.7. The van der Waals surface area contributed by atoms with Crippen LogP contribution in [0.25, 0.3) is 0 Å².